The van der Waals surface area contributed by atoms with Gasteiger partial charge in [-0.3, -0.25) is 4.99 Å². The van der Waals surface area contributed by atoms with Crippen molar-refractivity contribution in [2.75, 3.05) is 39.3 Å². The van der Waals surface area contributed by atoms with E-state index in [0.717, 1.165) is 37.9 Å². The summed E-state index contributed by atoms with van der Waals surface area (Å²) in [6.07, 6.45) is 11.6. The molecular weight excluding hydrogens is 284 g/mol. The molecule has 2 N–H and O–H groups in total. The standard InChI is InChI=1S/C19H36N4/c1-3-20-19(21-13-12-17-9-6-5-7-10-17)22-15-18-11-8-14-23(4-2)16-18/h9,18H,3-8,10-16H2,1-2H3,(H2,20,21,22). The van der Waals surface area contributed by atoms with E-state index in [-0.39, 0.29) is 0 Å². The Morgan fingerprint density at radius 1 is 1.26 bits per heavy atom. The van der Waals surface area contributed by atoms with Crippen LogP contribution in [0.2, 0.25) is 0 Å². The highest BCUT2D eigenvalue weighted by atomic mass is 15.2. The van der Waals surface area contributed by atoms with Gasteiger partial charge in [-0.1, -0.05) is 18.6 Å². The summed E-state index contributed by atoms with van der Waals surface area (Å²) in [7, 11) is 0. The maximum Gasteiger partial charge on any atom is 0.191 e. The minimum atomic E-state index is 0.722. The summed E-state index contributed by atoms with van der Waals surface area (Å²) in [6.45, 7) is 10.9. The van der Waals surface area contributed by atoms with Crippen LogP contribution in [-0.2, 0) is 0 Å². The number of hydrogen-bond donors (Lipinski definition) is 2. The number of nitrogens with zero attached hydrogens (tertiary/aromatic N) is 2. The number of piperidine rings is 1. The van der Waals surface area contributed by atoms with Gasteiger partial charge in [0, 0.05) is 26.2 Å². The van der Waals surface area contributed by atoms with Crippen LogP contribution >= 0.6 is 0 Å². The quantitative estimate of drug-likeness (QED) is 0.430. The molecule has 0 amide bonds. The van der Waals surface area contributed by atoms with Gasteiger partial charge >= 0.3 is 0 Å². The molecule has 0 aromatic heterocycles. The van der Waals surface area contributed by atoms with Crippen molar-refractivity contribution in [1.82, 2.24) is 15.5 Å². The molecule has 4 heteroatoms. The molecule has 2 aliphatic rings. The predicted octanol–water partition coefficient (Wildman–Crippen LogP) is 3.16. The molecule has 0 saturated carbocycles. The van der Waals surface area contributed by atoms with Crippen molar-refractivity contribution in [2.24, 2.45) is 10.9 Å². The molecular formula is C19H36N4. The van der Waals surface area contributed by atoms with E-state index in [9.17, 15) is 0 Å². The lowest BCUT2D eigenvalue weighted by atomic mass is 9.97. The zero-order valence-electron chi connectivity index (χ0n) is 15.2. The topological polar surface area (TPSA) is 39.7 Å². The largest absolute Gasteiger partial charge is 0.357 e. The Labute approximate surface area is 142 Å². The second-order valence-electron chi connectivity index (χ2n) is 6.91. The Balaban J connectivity index is 1.74. The number of guanidine groups is 1. The number of rotatable bonds is 7. The van der Waals surface area contributed by atoms with Crippen molar-refractivity contribution in [1.29, 1.82) is 0 Å². The fraction of sp³-hybridized carbons (Fsp3) is 0.842. The van der Waals surface area contributed by atoms with Gasteiger partial charge in [0.15, 0.2) is 5.96 Å². The first-order valence-corrected chi connectivity index (χ1v) is 9.74. The number of allylic oxidation sites excluding steroid dienone is 1. The van der Waals surface area contributed by atoms with E-state index in [1.807, 2.05) is 0 Å². The van der Waals surface area contributed by atoms with E-state index in [4.69, 9.17) is 4.99 Å². The van der Waals surface area contributed by atoms with Crippen molar-refractivity contribution in [3.8, 4) is 0 Å². The summed E-state index contributed by atoms with van der Waals surface area (Å²) in [6, 6.07) is 0. The van der Waals surface area contributed by atoms with E-state index < -0.39 is 0 Å². The molecule has 1 saturated heterocycles. The average Bonchev–Trinajstić information content (AvgIpc) is 2.61. The third-order valence-corrected chi connectivity index (χ3v) is 5.03. The second kappa shape index (κ2) is 10.7. The average molecular weight is 321 g/mol. The first-order valence-electron chi connectivity index (χ1n) is 9.74. The van der Waals surface area contributed by atoms with Crippen LogP contribution < -0.4 is 10.6 Å². The van der Waals surface area contributed by atoms with Gasteiger partial charge in [-0.2, -0.15) is 0 Å². The molecule has 1 aliphatic carbocycles. The lowest BCUT2D eigenvalue weighted by Crippen LogP contribution is -2.40. The zero-order valence-corrected chi connectivity index (χ0v) is 15.2. The fourth-order valence-corrected chi connectivity index (χ4v) is 3.62. The Hall–Kier alpha value is -1.03. The molecule has 0 radical (unpaired) electrons. The van der Waals surface area contributed by atoms with Crippen molar-refractivity contribution >= 4 is 5.96 Å². The summed E-state index contributed by atoms with van der Waals surface area (Å²) < 4.78 is 0. The van der Waals surface area contributed by atoms with E-state index in [0.29, 0.717) is 0 Å². The number of likely N-dealkylation sites (tertiary alicyclic amines) is 1. The Bertz CT molecular complexity index is 389. The van der Waals surface area contributed by atoms with Gasteiger partial charge in [-0.05, 0) is 70.9 Å². The normalized spacial score (nSPS) is 23.5. The van der Waals surface area contributed by atoms with Crippen LogP contribution in [0.15, 0.2) is 16.6 Å². The maximum absolute atomic E-state index is 4.84. The minimum absolute atomic E-state index is 0.722. The summed E-state index contributed by atoms with van der Waals surface area (Å²) in [5, 5.41) is 6.91. The molecule has 0 aromatic carbocycles. The van der Waals surface area contributed by atoms with Gasteiger partial charge in [-0.15, -0.1) is 0 Å². The SMILES string of the molecule is CCNC(=NCC1CCCN(CC)C1)NCCC1=CCCCC1. The monoisotopic (exact) mass is 320 g/mol. The molecule has 4 nitrogen and oxygen atoms in total. The van der Waals surface area contributed by atoms with E-state index >= 15 is 0 Å². The Morgan fingerprint density at radius 3 is 2.91 bits per heavy atom. The Morgan fingerprint density at radius 2 is 2.17 bits per heavy atom. The van der Waals surface area contributed by atoms with Crippen LogP contribution in [0.5, 0.6) is 0 Å². The molecule has 1 heterocycles. The molecule has 1 atom stereocenters. The predicted molar refractivity (Wildman–Crippen MR) is 100.0 cm³/mol. The van der Waals surface area contributed by atoms with Gasteiger partial charge in [0.05, 0.1) is 0 Å². The van der Waals surface area contributed by atoms with Gasteiger partial charge in [0.2, 0.25) is 0 Å². The van der Waals surface area contributed by atoms with Crippen molar-refractivity contribution in [2.45, 2.75) is 58.8 Å². The Kier molecular flexibility index (Phi) is 8.51. The molecule has 1 fully saturated rings. The molecule has 23 heavy (non-hydrogen) atoms. The van der Waals surface area contributed by atoms with E-state index in [1.54, 1.807) is 5.57 Å². The van der Waals surface area contributed by atoms with Crippen LogP contribution in [0, 0.1) is 5.92 Å². The molecule has 1 aliphatic heterocycles. The van der Waals surface area contributed by atoms with Crippen LogP contribution in [0.3, 0.4) is 0 Å². The second-order valence-corrected chi connectivity index (χ2v) is 6.91. The maximum atomic E-state index is 4.84. The van der Waals surface area contributed by atoms with Crippen LogP contribution in [0.25, 0.3) is 0 Å². The molecule has 0 bridgehead atoms. The van der Waals surface area contributed by atoms with Crippen LogP contribution in [-0.4, -0.2) is 50.1 Å². The van der Waals surface area contributed by atoms with E-state index in [1.165, 1.54) is 58.2 Å². The highest BCUT2D eigenvalue weighted by Gasteiger charge is 2.18. The zero-order chi connectivity index (χ0) is 16.3. The summed E-state index contributed by atoms with van der Waals surface area (Å²) in [5.41, 5.74) is 1.63. The lowest BCUT2D eigenvalue weighted by Gasteiger charge is -2.31. The highest BCUT2D eigenvalue weighted by molar-refractivity contribution is 5.79. The number of hydrogen-bond acceptors (Lipinski definition) is 2. The highest BCUT2D eigenvalue weighted by Crippen LogP contribution is 2.19. The molecule has 132 valence electrons. The van der Waals surface area contributed by atoms with Crippen molar-refractivity contribution in [3.05, 3.63) is 11.6 Å². The molecule has 1 unspecified atom stereocenters. The van der Waals surface area contributed by atoms with Gasteiger partial charge in [0.1, 0.15) is 0 Å². The number of nitrogens with one attached hydrogen (secondary N) is 2. The van der Waals surface area contributed by atoms with Crippen molar-refractivity contribution < 1.29 is 0 Å². The van der Waals surface area contributed by atoms with Gasteiger partial charge in [-0.25, -0.2) is 0 Å². The van der Waals surface area contributed by atoms with Gasteiger partial charge < -0.3 is 15.5 Å². The lowest BCUT2D eigenvalue weighted by molar-refractivity contribution is 0.186. The summed E-state index contributed by atoms with van der Waals surface area (Å²) in [5.74, 6) is 1.72. The van der Waals surface area contributed by atoms with Crippen molar-refractivity contribution in [3.63, 3.8) is 0 Å². The fourth-order valence-electron chi connectivity index (χ4n) is 3.62. The number of aliphatic imine (C=N–C) groups is 1. The first-order chi connectivity index (χ1) is 11.3. The molecule has 0 spiro atoms. The van der Waals surface area contributed by atoms with E-state index in [2.05, 4.69) is 35.5 Å². The van der Waals surface area contributed by atoms with Crippen LogP contribution in [0.1, 0.15) is 58.8 Å². The minimum Gasteiger partial charge on any atom is -0.357 e. The molecule has 2 rings (SSSR count). The third kappa shape index (κ3) is 6.94. The molecule has 0 aromatic rings. The van der Waals surface area contributed by atoms with Gasteiger partial charge in [0.25, 0.3) is 0 Å². The van der Waals surface area contributed by atoms with Crippen LogP contribution in [0.4, 0.5) is 0 Å². The summed E-state index contributed by atoms with van der Waals surface area (Å²) in [4.78, 5) is 7.39. The summed E-state index contributed by atoms with van der Waals surface area (Å²) >= 11 is 0. The first kappa shape index (κ1) is 18.3. The smallest absolute Gasteiger partial charge is 0.191 e. The third-order valence-electron chi connectivity index (χ3n) is 5.03.